The molecule has 0 amide bonds. The Hall–Kier alpha value is -1.94. The van der Waals surface area contributed by atoms with Crippen molar-refractivity contribution in [3.05, 3.63) is 0 Å². The fourth-order valence-electron chi connectivity index (χ4n) is 10.8. The molecule has 0 radical (unpaired) electrons. The Morgan fingerprint density at radius 1 is 0.300 bits per heavy atom. The maximum absolute atomic E-state index is 13.0. The number of aliphatic hydroxyl groups is 1. The van der Waals surface area contributed by atoms with E-state index in [0.717, 1.165) is 102 Å². The fourth-order valence-corrected chi connectivity index (χ4v) is 12.3. The van der Waals surface area contributed by atoms with Gasteiger partial charge in [-0.25, -0.2) is 9.13 Å². The predicted molar refractivity (Wildman–Crippen MR) is 363 cm³/mol. The minimum atomic E-state index is -4.95. The average Bonchev–Trinajstić information content (AvgIpc) is 3.28. The molecule has 0 heterocycles. The molecule has 0 aromatic heterocycles. The summed E-state index contributed by atoms with van der Waals surface area (Å²) >= 11 is 0. The molecule has 3 N–H and O–H groups in total. The quantitative estimate of drug-likeness (QED) is 0.0222. The van der Waals surface area contributed by atoms with Gasteiger partial charge < -0.3 is 33.8 Å². The van der Waals surface area contributed by atoms with Gasteiger partial charge >= 0.3 is 39.5 Å². The van der Waals surface area contributed by atoms with E-state index in [2.05, 4.69) is 41.5 Å². The Bertz CT molecular complexity index is 1750. The summed E-state index contributed by atoms with van der Waals surface area (Å²) in [5.41, 5.74) is 0. The highest BCUT2D eigenvalue weighted by Crippen LogP contribution is 2.45. The zero-order valence-electron chi connectivity index (χ0n) is 58.4. The van der Waals surface area contributed by atoms with Crippen LogP contribution < -0.4 is 0 Å². The Labute approximate surface area is 549 Å². The number of hydrogen-bond acceptors (Lipinski definition) is 15. The molecule has 90 heavy (non-hydrogen) atoms. The van der Waals surface area contributed by atoms with E-state index in [1.54, 1.807) is 0 Å². The summed E-state index contributed by atoms with van der Waals surface area (Å²) in [4.78, 5) is 72.6. The third-order valence-electron chi connectivity index (χ3n) is 16.5. The lowest BCUT2D eigenvalue weighted by Gasteiger charge is -2.21. The fraction of sp³-hybridized carbons (Fsp3) is 0.944. The number of esters is 4. The molecule has 0 bridgehead atoms. The van der Waals surface area contributed by atoms with E-state index < -0.39 is 97.5 Å². The van der Waals surface area contributed by atoms with Crippen molar-refractivity contribution in [2.45, 2.75) is 381 Å². The number of carbonyl (C=O) groups excluding carboxylic acids is 4. The summed E-state index contributed by atoms with van der Waals surface area (Å²) in [6.45, 7) is 9.51. The van der Waals surface area contributed by atoms with Gasteiger partial charge in [0.15, 0.2) is 12.2 Å². The largest absolute Gasteiger partial charge is 0.472 e. The summed E-state index contributed by atoms with van der Waals surface area (Å²) in [6, 6.07) is 0. The first-order valence-electron chi connectivity index (χ1n) is 37.0. The van der Waals surface area contributed by atoms with Gasteiger partial charge in [-0.15, -0.1) is 0 Å². The summed E-state index contributed by atoms with van der Waals surface area (Å²) in [5, 5.41) is 10.6. The lowest BCUT2D eigenvalue weighted by molar-refractivity contribution is -0.161. The highest BCUT2D eigenvalue weighted by atomic mass is 31.2. The standard InChI is InChI=1S/C71H138O17P2/c1-7-9-11-13-15-17-19-20-21-22-23-24-30-37-43-49-55-70(75)87-66(60-82-69(74)54-48-42-36-31-25-27-33-39-45-51-63(3)4)61-85-89(77,78)83-57-65(72)58-84-90(79,80)86-62-67(59-81-68(73)53-47-41-35-29-18-16-14-12-10-8-2)88-71(76)56-50-44-38-32-26-28-34-40-46-52-64(5)6/h63-67,72H,7-62H2,1-6H3,(H,77,78)(H,79,80)/t65-,66-,67-/m1/s1. The van der Waals surface area contributed by atoms with Crippen molar-refractivity contribution in [2.75, 3.05) is 39.6 Å². The number of hydrogen-bond donors (Lipinski definition) is 3. The number of phosphoric acid groups is 2. The zero-order chi connectivity index (χ0) is 66.5. The van der Waals surface area contributed by atoms with Crippen LogP contribution in [0, 0.1) is 11.8 Å². The second kappa shape index (κ2) is 63.1. The Kier molecular flexibility index (Phi) is 61.8. The summed E-state index contributed by atoms with van der Waals surface area (Å²) < 4.78 is 68.3. The topological polar surface area (TPSA) is 237 Å². The van der Waals surface area contributed by atoms with Crippen LogP contribution >= 0.6 is 15.6 Å². The van der Waals surface area contributed by atoms with Gasteiger partial charge in [0.05, 0.1) is 26.4 Å². The molecule has 0 rings (SSSR count). The Morgan fingerprint density at radius 2 is 0.511 bits per heavy atom. The number of rotatable bonds is 70. The van der Waals surface area contributed by atoms with Crippen LogP contribution in [0.4, 0.5) is 0 Å². The predicted octanol–water partition coefficient (Wildman–Crippen LogP) is 20.4. The van der Waals surface area contributed by atoms with E-state index in [4.69, 9.17) is 37.0 Å². The zero-order valence-corrected chi connectivity index (χ0v) is 60.2. The van der Waals surface area contributed by atoms with Crippen LogP contribution in [0.3, 0.4) is 0 Å². The van der Waals surface area contributed by atoms with Crippen LogP contribution in [0.25, 0.3) is 0 Å². The van der Waals surface area contributed by atoms with Crippen molar-refractivity contribution >= 4 is 39.5 Å². The van der Waals surface area contributed by atoms with E-state index in [9.17, 15) is 43.2 Å². The first kappa shape index (κ1) is 88.1. The molecule has 0 aromatic rings. The lowest BCUT2D eigenvalue weighted by atomic mass is 10.0. The maximum atomic E-state index is 13.0. The van der Waals surface area contributed by atoms with Gasteiger partial charge in [-0.05, 0) is 37.5 Å². The second-order valence-corrected chi connectivity index (χ2v) is 29.5. The third-order valence-corrected chi connectivity index (χ3v) is 18.4. The Balaban J connectivity index is 5.24. The Morgan fingerprint density at radius 3 is 0.756 bits per heavy atom. The van der Waals surface area contributed by atoms with Crippen LogP contribution in [0.5, 0.6) is 0 Å². The van der Waals surface area contributed by atoms with Gasteiger partial charge in [-0.3, -0.25) is 37.3 Å². The number of carbonyl (C=O) groups is 4. The van der Waals surface area contributed by atoms with Crippen LogP contribution in [0.2, 0.25) is 0 Å². The highest BCUT2D eigenvalue weighted by molar-refractivity contribution is 7.47. The summed E-state index contributed by atoms with van der Waals surface area (Å²) in [7, 11) is -9.90. The molecule has 19 heteroatoms. The van der Waals surface area contributed by atoms with Crippen molar-refractivity contribution in [1.29, 1.82) is 0 Å². The molecule has 0 fully saturated rings. The number of aliphatic hydroxyl groups excluding tert-OH is 1. The molecule has 0 aliphatic rings. The second-order valence-electron chi connectivity index (χ2n) is 26.6. The van der Waals surface area contributed by atoms with Crippen LogP contribution in [0.15, 0.2) is 0 Å². The number of phosphoric ester groups is 2. The van der Waals surface area contributed by atoms with E-state index in [0.29, 0.717) is 25.7 Å². The van der Waals surface area contributed by atoms with Gasteiger partial charge in [0, 0.05) is 25.7 Å². The van der Waals surface area contributed by atoms with Crippen molar-refractivity contribution in [3.63, 3.8) is 0 Å². The van der Waals surface area contributed by atoms with Gasteiger partial charge in [0.25, 0.3) is 0 Å². The smallest absolute Gasteiger partial charge is 0.462 e. The van der Waals surface area contributed by atoms with Gasteiger partial charge in [0.2, 0.25) is 0 Å². The third kappa shape index (κ3) is 64.8. The molecular formula is C71H138O17P2. The molecule has 534 valence electrons. The molecule has 0 aliphatic carbocycles. The van der Waals surface area contributed by atoms with Crippen molar-refractivity contribution < 1.29 is 80.2 Å². The average molecular weight is 1330 g/mol. The molecule has 2 unspecified atom stereocenters. The van der Waals surface area contributed by atoms with E-state index in [-0.39, 0.29) is 25.7 Å². The van der Waals surface area contributed by atoms with Crippen LogP contribution in [-0.4, -0.2) is 96.7 Å². The van der Waals surface area contributed by atoms with Gasteiger partial charge in [0.1, 0.15) is 19.3 Å². The number of ether oxygens (including phenoxy) is 4. The molecule has 17 nitrogen and oxygen atoms in total. The molecule has 0 spiro atoms. The lowest BCUT2D eigenvalue weighted by Crippen LogP contribution is -2.30. The first-order chi connectivity index (χ1) is 43.4. The molecular weight excluding hydrogens is 1190 g/mol. The summed E-state index contributed by atoms with van der Waals surface area (Å²) in [6.07, 6.45) is 48.5. The van der Waals surface area contributed by atoms with Crippen LogP contribution in [0.1, 0.15) is 363 Å². The van der Waals surface area contributed by atoms with Crippen molar-refractivity contribution in [2.24, 2.45) is 11.8 Å². The molecule has 0 aliphatic heterocycles. The summed E-state index contributed by atoms with van der Waals surface area (Å²) in [5.74, 6) is -0.642. The van der Waals surface area contributed by atoms with Crippen molar-refractivity contribution in [3.8, 4) is 0 Å². The first-order valence-corrected chi connectivity index (χ1v) is 40.0. The van der Waals surface area contributed by atoms with Gasteiger partial charge in [-0.2, -0.15) is 0 Å². The molecule has 5 atom stereocenters. The minimum absolute atomic E-state index is 0.105. The monoisotopic (exact) mass is 1320 g/mol. The maximum Gasteiger partial charge on any atom is 0.472 e. The van der Waals surface area contributed by atoms with Crippen LogP contribution in [-0.2, 0) is 65.4 Å². The molecule has 0 aromatic carbocycles. The highest BCUT2D eigenvalue weighted by Gasteiger charge is 2.30. The molecule has 0 saturated heterocycles. The number of unbranched alkanes of at least 4 members (excludes halogenated alkanes) is 40. The van der Waals surface area contributed by atoms with Gasteiger partial charge in [-0.1, -0.05) is 311 Å². The van der Waals surface area contributed by atoms with E-state index in [1.807, 2.05) is 0 Å². The van der Waals surface area contributed by atoms with E-state index >= 15 is 0 Å². The SMILES string of the molecule is CCCCCCCCCCCCCCCCCCC(=O)O[C@H](COC(=O)CCCCCCCCCCCC(C)C)COP(=O)(O)OC[C@@H](O)COP(=O)(O)OC[C@@H](COC(=O)CCCCCCCCCCCC)OC(=O)CCCCCCCCCCCC(C)C. The minimum Gasteiger partial charge on any atom is -0.462 e. The van der Waals surface area contributed by atoms with Crippen molar-refractivity contribution in [1.82, 2.24) is 0 Å². The molecule has 0 saturated carbocycles. The van der Waals surface area contributed by atoms with E-state index in [1.165, 1.54) is 180 Å². The normalized spacial score (nSPS) is 14.1.